The van der Waals surface area contributed by atoms with E-state index < -0.39 is 0 Å². The Morgan fingerprint density at radius 3 is 2.35 bits per heavy atom. The highest BCUT2D eigenvalue weighted by atomic mass is 15.3. The molecule has 20 heavy (non-hydrogen) atoms. The molecule has 0 amide bonds. The van der Waals surface area contributed by atoms with Crippen LogP contribution in [0.5, 0.6) is 0 Å². The average Bonchev–Trinajstić information content (AvgIpc) is 3.23. The van der Waals surface area contributed by atoms with Crippen molar-refractivity contribution in [1.29, 1.82) is 0 Å². The van der Waals surface area contributed by atoms with Gasteiger partial charge in [0, 0.05) is 44.8 Å². The molecule has 0 bridgehead atoms. The Kier molecular flexibility index (Phi) is 4.40. The van der Waals surface area contributed by atoms with Crippen LogP contribution in [0.4, 0.5) is 0 Å². The largest absolute Gasteiger partial charge is 0.317 e. The van der Waals surface area contributed by atoms with Gasteiger partial charge in [-0.05, 0) is 50.5 Å². The topological polar surface area (TPSA) is 18.5 Å². The Morgan fingerprint density at radius 1 is 1.05 bits per heavy atom. The van der Waals surface area contributed by atoms with Gasteiger partial charge in [-0.25, -0.2) is 0 Å². The van der Waals surface area contributed by atoms with Crippen LogP contribution in [0.15, 0.2) is 0 Å². The molecule has 0 spiro atoms. The lowest BCUT2D eigenvalue weighted by Gasteiger charge is -2.44. The lowest BCUT2D eigenvalue weighted by molar-refractivity contribution is 0.0697. The Morgan fingerprint density at radius 2 is 1.75 bits per heavy atom. The summed E-state index contributed by atoms with van der Waals surface area (Å²) in [5, 5.41) is 3.58. The van der Waals surface area contributed by atoms with Gasteiger partial charge in [0.15, 0.2) is 0 Å². The van der Waals surface area contributed by atoms with Gasteiger partial charge in [-0.1, -0.05) is 13.8 Å². The molecule has 3 fully saturated rings. The van der Waals surface area contributed by atoms with Crippen molar-refractivity contribution in [2.45, 2.75) is 58.0 Å². The summed E-state index contributed by atoms with van der Waals surface area (Å²) in [6.07, 6.45) is 7.04. The first kappa shape index (κ1) is 14.8. The van der Waals surface area contributed by atoms with Gasteiger partial charge in [0.05, 0.1) is 0 Å². The summed E-state index contributed by atoms with van der Waals surface area (Å²) in [6, 6.07) is 1.69. The quantitative estimate of drug-likeness (QED) is 0.851. The normalized spacial score (nSPS) is 36.1. The smallest absolute Gasteiger partial charge is 0.0113 e. The second-order valence-corrected chi connectivity index (χ2v) is 8.13. The van der Waals surface area contributed by atoms with E-state index in [1.807, 2.05) is 0 Å². The number of hydrogen-bond donors (Lipinski definition) is 1. The summed E-state index contributed by atoms with van der Waals surface area (Å²) in [6.45, 7) is 11.4. The standard InChI is InChI=1S/C17H33N3/c1-17(2)7-6-16(18-3)14(12-17)13-19-8-10-20(11-9-19)15-4-5-15/h14-16,18H,4-13H2,1-3H3. The van der Waals surface area contributed by atoms with Gasteiger partial charge < -0.3 is 10.2 Å². The summed E-state index contributed by atoms with van der Waals surface area (Å²) >= 11 is 0. The minimum absolute atomic E-state index is 0.549. The monoisotopic (exact) mass is 279 g/mol. The summed E-state index contributed by atoms with van der Waals surface area (Å²) in [4.78, 5) is 5.45. The lowest BCUT2D eigenvalue weighted by atomic mass is 9.69. The maximum absolute atomic E-state index is 3.58. The zero-order chi connectivity index (χ0) is 14.2. The van der Waals surface area contributed by atoms with Crippen molar-refractivity contribution in [3.63, 3.8) is 0 Å². The molecule has 0 aromatic rings. The van der Waals surface area contributed by atoms with Crippen molar-refractivity contribution in [1.82, 2.24) is 15.1 Å². The molecule has 2 saturated carbocycles. The maximum atomic E-state index is 3.58. The van der Waals surface area contributed by atoms with Gasteiger partial charge in [-0.15, -0.1) is 0 Å². The van der Waals surface area contributed by atoms with Crippen LogP contribution >= 0.6 is 0 Å². The molecule has 2 aliphatic carbocycles. The van der Waals surface area contributed by atoms with Crippen LogP contribution in [0, 0.1) is 11.3 Å². The van der Waals surface area contributed by atoms with E-state index >= 15 is 0 Å². The van der Waals surface area contributed by atoms with E-state index in [0.29, 0.717) is 5.41 Å². The first-order chi connectivity index (χ1) is 9.57. The van der Waals surface area contributed by atoms with Crippen LogP contribution in [0.2, 0.25) is 0 Å². The second-order valence-electron chi connectivity index (χ2n) is 8.13. The molecule has 0 aromatic heterocycles. The van der Waals surface area contributed by atoms with Crippen molar-refractivity contribution in [2.24, 2.45) is 11.3 Å². The van der Waals surface area contributed by atoms with Crippen molar-refractivity contribution in [2.75, 3.05) is 39.8 Å². The van der Waals surface area contributed by atoms with Crippen LogP contribution in [-0.2, 0) is 0 Å². The fraction of sp³-hybridized carbons (Fsp3) is 1.00. The molecule has 0 aromatic carbocycles. The highest BCUT2D eigenvalue weighted by Crippen LogP contribution is 2.39. The number of hydrogen-bond acceptors (Lipinski definition) is 3. The zero-order valence-corrected chi connectivity index (χ0v) is 13.7. The van der Waals surface area contributed by atoms with E-state index in [1.54, 1.807) is 0 Å². The van der Waals surface area contributed by atoms with Crippen LogP contribution < -0.4 is 5.32 Å². The third-order valence-corrected chi connectivity index (χ3v) is 5.85. The molecule has 1 saturated heterocycles. The van der Waals surface area contributed by atoms with E-state index in [1.165, 1.54) is 64.8 Å². The fourth-order valence-electron chi connectivity index (χ4n) is 4.39. The van der Waals surface area contributed by atoms with Crippen LogP contribution in [0.25, 0.3) is 0 Å². The van der Waals surface area contributed by atoms with E-state index in [-0.39, 0.29) is 0 Å². The first-order valence-corrected chi connectivity index (χ1v) is 8.71. The Labute approximate surface area is 125 Å². The molecular weight excluding hydrogens is 246 g/mol. The Bertz CT molecular complexity index is 316. The molecule has 3 nitrogen and oxygen atoms in total. The lowest BCUT2D eigenvalue weighted by Crippen LogP contribution is -2.52. The predicted molar refractivity (Wildman–Crippen MR) is 85.0 cm³/mol. The number of piperazine rings is 1. The minimum Gasteiger partial charge on any atom is -0.317 e. The second kappa shape index (κ2) is 5.94. The molecule has 116 valence electrons. The zero-order valence-electron chi connectivity index (χ0n) is 13.7. The van der Waals surface area contributed by atoms with Crippen LogP contribution in [-0.4, -0.2) is 61.7 Å². The van der Waals surface area contributed by atoms with Gasteiger partial charge >= 0.3 is 0 Å². The Hall–Kier alpha value is -0.120. The molecule has 2 atom stereocenters. The SMILES string of the molecule is CNC1CCC(C)(C)CC1CN1CCN(C2CC2)CC1. The van der Waals surface area contributed by atoms with Crippen molar-refractivity contribution in [3.8, 4) is 0 Å². The molecule has 0 radical (unpaired) electrons. The van der Waals surface area contributed by atoms with Gasteiger partial charge in [0.25, 0.3) is 0 Å². The third kappa shape index (κ3) is 3.55. The average molecular weight is 279 g/mol. The van der Waals surface area contributed by atoms with E-state index in [4.69, 9.17) is 0 Å². The third-order valence-electron chi connectivity index (χ3n) is 5.85. The molecule has 3 rings (SSSR count). The maximum Gasteiger partial charge on any atom is 0.0113 e. The number of nitrogens with one attached hydrogen (secondary N) is 1. The molecule has 3 aliphatic rings. The van der Waals surface area contributed by atoms with Gasteiger partial charge in [0.1, 0.15) is 0 Å². The molecule has 1 N–H and O–H groups in total. The molecule has 1 aliphatic heterocycles. The predicted octanol–water partition coefficient (Wildman–Crippen LogP) is 2.18. The van der Waals surface area contributed by atoms with Gasteiger partial charge in [0.2, 0.25) is 0 Å². The number of rotatable bonds is 4. The van der Waals surface area contributed by atoms with Crippen LogP contribution in [0.3, 0.4) is 0 Å². The summed E-state index contributed by atoms with van der Waals surface area (Å²) < 4.78 is 0. The minimum atomic E-state index is 0.549. The van der Waals surface area contributed by atoms with E-state index in [2.05, 4.69) is 36.0 Å². The van der Waals surface area contributed by atoms with Crippen molar-refractivity contribution in [3.05, 3.63) is 0 Å². The first-order valence-electron chi connectivity index (χ1n) is 8.71. The van der Waals surface area contributed by atoms with Gasteiger partial charge in [-0.3, -0.25) is 4.90 Å². The van der Waals surface area contributed by atoms with E-state index in [0.717, 1.165) is 18.0 Å². The van der Waals surface area contributed by atoms with Crippen molar-refractivity contribution < 1.29 is 0 Å². The summed E-state index contributed by atoms with van der Waals surface area (Å²) in [5.74, 6) is 0.844. The van der Waals surface area contributed by atoms with Gasteiger partial charge in [-0.2, -0.15) is 0 Å². The van der Waals surface area contributed by atoms with Crippen LogP contribution in [0.1, 0.15) is 46.0 Å². The molecular formula is C17H33N3. The van der Waals surface area contributed by atoms with Crippen molar-refractivity contribution >= 4 is 0 Å². The molecule has 3 heteroatoms. The molecule has 2 unspecified atom stereocenters. The summed E-state index contributed by atoms with van der Waals surface area (Å²) in [5.41, 5.74) is 0.549. The Balaban J connectivity index is 1.50. The molecule has 1 heterocycles. The van der Waals surface area contributed by atoms with E-state index in [9.17, 15) is 0 Å². The number of nitrogens with zero attached hydrogens (tertiary/aromatic N) is 2. The summed E-state index contributed by atoms with van der Waals surface area (Å²) in [7, 11) is 2.15. The highest BCUT2D eigenvalue weighted by molar-refractivity contribution is 4.92. The highest BCUT2D eigenvalue weighted by Gasteiger charge is 2.36. The fourth-order valence-corrected chi connectivity index (χ4v) is 4.39.